The number of hydrogen-bond acceptors (Lipinski definition) is 4. The quantitative estimate of drug-likeness (QED) is 0.802. The van der Waals surface area contributed by atoms with Crippen LogP contribution < -0.4 is 4.90 Å². The Balaban J connectivity index is 2.16. The van der Waals surface area contributed by atoms with Crippen molar-refractivity contribution in [3.8, 4) is 6.07 Å². The molecule has 1 aliphatic rings. The Morgan fingerprint density at radius 2 is 2.12 bits per heavy atom. The summed E-state index contributed by atoms with van der Waals surface area (Å²) in [6.45, 7) is 7.10. The number of nitrogens with zero attached hydrogens (tertiary/aromatic N) is 4. The number of pyridine rings is 1. The summed E-state index contributed by atoms with van der Waals surface area (Å²) < 4.78 is 0. The van der Waals surface area contributed by atoms with Crippen LogP contribution in [0.25, 0.3) is 0 Å². The zero-order chi connectivity index (χ0) is 12.3. The normalized spacial score (nSPS) is 16.9. The van der Waals surface area contributed by atoms with Crippen molar-refractivity contribution < 1.29 is 0 Å². The van der Waals surface area contributed by atoms with E-state index in [4.69, 9.17) is 16.9 Å². The van der Waals surface area contributed by atoms with E-state index in [1.54, 1.807) is 12.3 Å². The van der Waals surface area contributed by atoms with E-state index in [2.05, 4.69) is 27.8 Å². The second-order valence-electron chi connectivity index (χ2n) is 4.03. The topological polar surface area (TPSA) is 43.2 Å². The minimum Gasteiger partial charge on any atom is -0.353 e. The Morgan fingerprint density at radius 3 is 2.71 bits per heavy atom. The fourth-order valence-corrected chi connectivity index (χ4v) is 2.29. The van der Waals surface area contributed by atoms with Gasteiger partial charge in [-0.05, 0) is 12.6 Å². The number of aromatic nitrogens is 1. The highest BCUT2D eigenvalue weighted by Crippen LogP contribution is 2.26. The molecule has 1 saturated heterocycles. The van der Waals surface area contributed by atoms with Gasteiger partial charge in [-0.15, -0.1) is 0 Å². The SMILES string of the molecule is CCN1CCN(c2nccc(C#N)c2Cl)CC1. The molecule has 2 heterocycles. The smallest absolute Gasteiger partial charge is 0.148 e. The number of piperazine rings is 1. The van der Waals surface area contributed by atoms with Crippen molar-refractivity contribution in [1.82, 2.24) is 9.88 Å². The van der Waals surface area contributed by atoms with Crippen LogP contribution in [0, 0.1) is 11.3 Å². The molecule has 0 amide bonds. The van der Waals surface area contributed by atoms with Crippen molar-refractivity contribution in [3.63, 3.8) is 0 Å². The summed E-state index contributed by atoms with van der Waals surface area (Å²) in [7, 11) is 0. The summed E-state index contributed by atoms with van der Waals surface area (Å²) in [4.78, 5) is 8.82. The van der Waals surface area contributed by atoms with Gasteiger partial charge in [-0.2, -0.15) is 5.26 Å². The van der Waals surface area contributed by atoms with Gasteiger partial charge in [0.2, 0.25) is 0 Å². The van der Waals surface area contributed by atoms with Gasteiger partial charge in [0.25, 0.3) is 0 Å². The number of likely N-dealkylation sites (N-methyl/N-ethyl adjacent to an activating group) is 1. The van der Waals surface area contributed by atoms with E-state index >= 15 is 0 Å². The van der Waals surface area contributed by atoms with Crippen molar-refractivity contribution in [2.75, 3.05) is 37.6 Å². The molecule has 0 aromatic carbocycles. The molecule has 1 aliphatic heterocycles. The van der Waals surface area contributed by atoms with Gasteiger partial charge in [-0.25, -0.2) is 4.98 Å². The van der Waals surface area contributed by atoms with Gasteiger partial charge in [0, 0.05) is 32.4 Å². The number of nitriles is 1. The van der Waals surface area contributed by atoms with Crippen molar-refractivity contribution in [1.29, 1.82) is 5.26 Å². The summed E-state index contributed by atoms with van der Waals surface area (Å²) in [5.74, 6) is 0.737. The molecule has 90 valence electrons. The van der Waals surface area contributed by atoms with Crippen LogP contribution in [0.15, 0.2) is 12.3 Å². The molecule has 2 rings (SSSR count). The molecule has 1 aromatic rings. The second kappa shape index (κ2) is 5.35. The summed E-state index contributed by atoms with van der Waals surface area (Å²) in [6.07, 6.45) is 1.64. The fourth-order valence-electron chi connectivity index (χ4n) is 2.02. The molecule has 0 N–H and O–H groups in total. The lowest BCUT2D eigenvalue weighted by molar-refractivity contribution is 0.270. The lowest BCUT2D eigenvalue weighted by Crippen LogP contribution is -2.46. The van der Waals surface area contributed by atoms with Crippen LogP contribution in [-0.4, -0.2) is 42.6 Å². The van der Waals surface area contributed by atoms with Gasteiger partial charge >= 0.3 is 0 Å². The van der Waals surface area contributed by atoms with Crippen LogP contribution in [0.4, 0.5) is 5.82 Å². The third kappa shape index (κ3) is 2.51. The van der Waals surface area contributed by atoms with E-state index < -0.39 is 0 Å². The van der Waals surface area contributed by atoms with E-state index in [1.807, 2.05) is 0 Å². The Bertz CT molecular complexity index is 433. The van der Waals surface area contributed by atoms with E-state index in [9.17, 15) is 0 Å². The zero-order valence-electron chi connectivity index (χ0n) is 9.86. The van der Waals surface area contributed by atoms with Crippen LogP contribution in [0.5, 0.6) is 0 Å². The zero-order valence-corrected chi connectivity index (χ0v) is 10.6. The number of anilines is 1. The molecule has 0 bridgehead atoms. The van der Waals surface area contributed by atoms with Crippen LogP contribution >= 0.6 is 11.6 Å². The average molecular weight is 251 g/mol. The Kier molecular flexibility index (Phi) is 3.82. The first-order valence-electron chi connectivity index (χ1n) is 5.78. The minimum atomic E-state index is 0.472. The van der Waals surface area contributed by atoms with Crippen LogP contribution in [-0.2, 0) is 0 Å². The monoisotopic (exact) mass is 250 g/mol. The molecule has 0 aliphatic carbocycles. The fraction of sp³-hybridized carbons (Fsp3) is 0.500. The van der Waals surface area contributed by atoms with E-state index in [-0.39, 0.29) is 0 Å². The highest BCUT2D eigenvalue weighted by molar-refractivity contribution is 6.34. The molecular weight excluding hydrogens is 236 g/mol. The van der Waals surface area contributed by atoms with Gasteiger partial charge in [-0.1, -0.05) is 18.5 Å². The van der Waals surface area contributed by atoms with Crippen molar-refractivity contribution >= 4 is 17.4 Å². The molecular formula is C12H15ClN4. The van der Waals surface area contributed by atoms with Crippen molar-refractivity contribution in [3.05, 3.63) is 22.8 Å². The van der Waals surface area contributed by atoms with Gasteiger partial charge in [0.15, 0.2) is 0 Å². The maximum absolute atomic E-state index is 8.93. The largest absolute Gasteiger partial charge is 0.353 e. The Labute approximate surface area is 106 Å². The molecule has 0 saturated carbocycles. The lowest BCUT2D eigenvalue weighted by Gasteiger charge is -2.35. The highest BCUT2D eigenvalue weighted by Gasteiger charge is 2.19. The minimum absolute atomic E-state index is 0.472. The summed E-state index contributed by atoms with van der Waals surface area (Å²) in [6, 6.07) is 3.73. The van der Waals surface area contributed by atoms with Crippen LogP contribution in [0.3, 0.4) is 0 Å². The van der Waals surface area contributed by atoms with Crippen LogP contribution in [0.1, 0.15) is 12.5 Å². The molecule has 17 heavy (non-hydrogen) atoms. The molecule has 0 spiro atoms. The molecule has 1 aromatic heterocycles. The maximum Gasteiger partial charge on any atom is 0.148 e. The van der Waals surface area contributed by atoms with Gasteiger partial charge < -0.3 is 9.80 Å². The van der Waals surface area contributed by atoms with Gasteiger partial charge in [0.1, 0.15) is 16.9 Å². The Morgan fingerprint density at radius 1 is 1.41 bits per heavy atom. The lowest BCUT2D eigenvalue weighted by atomic mass is 10.2. The van der Waals surface area contributed by atoms with E-state index in [0.29, 0.717) is 10.6 Å². The van der Waals surface area contributed by atoms with E-state index in [1.165, 1.54) is 0 Å². The van der Waals surface area contributed by atoms with Crippen LogP contribution in [0.2, 0.25) is 5.02 Å². The van der Waals surface area contributed by atoms with Gasteiger partial charge in [0.05, 0.1) is 5.56 Å². The first kappa shape index (κ1) is 12.2. The predicted molar refractivity (Wildman–Crippen MR) is 68.3 cm³/mol. The average Bonchev–Trinajstić information content (AvgIpc) is 2.39. The molecule has 5 heteroatoms. The number of hydrogen-bond donors (Lipinski definition) is 0. The van der Waals surface area contributed by atoms with Crippen molar-refractivity contribution in [2.24, 2.45) is 0 Å². The summed E-state index contributed by atoms with van der Waals surface area (Å²) in [5, 5.41) is 9.40. The molecule has 0 radical (unpaired) electrons. The Hall–Kier alpha value is -1.31. The standard InChI is InChI=1S/C12H15ClN4/c1-2-16-5-7-17(8-6-16)12-11(13)10(9-14)3-4-15-12/h3-4H,2,5-8H2,1H3. The third-order valence-electron chi connectivity index (χ3n) is 3.11. The summed E-state index contributed by atoms with van der Waals surface area (Å²) in [5.41, 5.74) is 0.495. The number of rotatable bonds is 2. The number of halogens is 1. The molecule has 0 unspecified atom stereocenters. The third-order valence-corrected chi connectivity index (χ3v) is 3.48. The highest BCUT2D eigenvalue weighted by atomic mass is 35.5. The first-order valence-corrected chi connectivity index (χ1v) is 6.16. The van der Waals surface area contributed by atoms with Gasteiger partial charge in [-0.3, -0.25) is 0 Å². The summed E-state index contributed by atoms with van der Waals surface area (Å²) >= 11 is 6.17. The second-order valence-corrected chi connectivity index (χ2v) is 4.41. The molecule has 4 nitrogen and oxygen atoms in total. The van der Waals surface area contributed by atoms with E-state index in [0.717, 1.165) is 38.5 Å². The first-order chi connectivity index (χ1) is 8.26. The maximum atomic E-state index is 8.93. The molecule has 0 atom stereocenters. The molecule has 1 fully saturated rings. The predicted octanol–water partition coefficient (Wildman–Crippen LogP) is 1.75. The van der Waals surface area contributed by atoms with Crippen molar-refractivity contribution in [2.45, 2.75) is 6.92 Å².